The Hall–Kier alpha value is -0.680. The van der Waals surface area contributed by atoms with Crippen molar-refractivity contribution < 1.29 is 4.79 Å². The van der Waals surface area contributed by atoms with E-state index >= 15 is 0 Å². The zero-order chi connectivity index (χ0) is 15.4. The molecule has 0 aliphatic carbocycles. The van der Waals surface area contributed by atoms with Crippen molar-refractivity contribution in [1.82, 2.24) is 0 Å². The molecule has 0 aromatic heterocycles. The summed E-state index contributed by atoms with van der Waals surface area (Å²) in [6.07, 6.45) is 0. The second kappa shape index (κ2) is 7.54. The fourth-order valence-electron chi connectivity index (χ4n) is 1.60. The molecule has 0 aliphatic rings. The summed E-state index contributed by atoms with van der Waals surface area (Å²) >= 11 is 16.8. The van der Waals surface area contributed by atoms with Crippen LogP contribution in [0.15, 0.2) is 51.8 Å². The van der Waals surface area contributed by atoms with Gasteiger partial charge in [0.1, 0.15) is 0 Å². The molecule has 0 unspecified atom stereocenters. The minimum Gasteiger partial charge on any atom is -0.324 e. The van der Waals surface area contributed by atoms with Crippen LogP contribution >= 0.6 is 50.9 Å². The van der Waals surface area contributed by atoms with Crippen LogP contribution in [-0.2, 0) is 4.79 Å². The number of hydrogen-bond acceptors (Lipinski definition) is 2. The van der Waals surface area contributed by atoms with Gasteiger partial charge in [0.25, 0.3) is 0 Å². The number of benzene rings is 2. The van der Waals surface area contributed by atoms with Gasteiger partial charge in [0, 0.05) is 14.4 Å². The highest BCUT2D eigenvalue weighted by Crippen LogP contribution is 2.28. The molecule has 110 valence electrons. The second-order valence-corrected chi connectivity index (χ2v) is 7.50. The summed E-state index contributed by atoms with van der Waals surface area (Å²) in [7, 11) is 0. The maximum Gasteiger partial charge on any atom is 0.237 e. The molecule has 0 aliphatic heterocycles. The van der Waals surface area contributed by atoms with Crippen LogP contribution in [0.5, 0.6) is 0 Å². The molecule has 21 heavy (non-hydrogen) atoms. The standard InChI is InChI=1S/C15H12BrCl2NOS/c1-9(21-12-5-2-10(16)3-6-12)15(20)19-14-8-11(17)4-7-13(14)18/h2-9H,1H3,(H,19,20)/t9-/m0/s1. The fraction of sp³-hybridized carbons (Fsp3) is 0.133. The molecular weight excluding hydrogens is 393 g/mol. The van der Waals surface area contributed by atoms with Crippen LogP contribution < -0.4 is 5.32 Å². The number of anilines is 1. The Morgan fingerprint density at radius 2 is 1.86 bits per heavy atom. The lowest BCUT2D eigenvalue weighted by Gasteiger charge is -2.13. The number of carbonyl (C=O) groups is 1. The maximum absolute atomic E-state index is 12.2. The van der Waals surface area contributed by atoms with Crippen molar-refractivity contribution in [2.24, 2.45) is 0 Å². The summed E-state index contributed by atoms with van der Waals surface area (Å²) in [5.74, 6) is -0.118. The van der Waals surface area contributed by atoms with Crippen LogP contribution in [0.2, 0.25) is 10.0 Å². The summed E-state index contributed by atoms with van der Waals surface area (Å²) in [6, 6.07) is 12.8. The van der Waals surface area contributed by atoms with Gasteiger partial charge in [-0.2, -0.15) is 0 Å². The van der Waals surface area contributed by atoms with E-state index in [-0.39, 0.29) is 11.2 Å². The molecule has 0 saturated heterocycles. The molecule has 1 atom stereocenters. The molecule has 0 saturated carbocycles. The molecular formula is C15H12BrCl2NOS. The van der Waals surface area contributed by atoms with E-state index in [4.69, 9.17) is 23.2 Å². The minimum atomic E-state index is -0.249. The van der Waals surface area contributed by atoms with Crippen LogP contribution in [0.3, 0.4) is 0 Å². The van der Waals surface area contributed by atoms with E-state index in [0.717, 1.165) is 9.37 Å². The second-order valence-electron chi connectivity index (χ2n) is 4.33. The number of amides is 1. The summed E-state index contributed by atoms with van der Waals surface area (Å²) in [5, 5.41) is 3.54. The predicted octanol–water partition coefficient (Wildman–Crippen LogP) is 5.88. The molecule has 1 N–H and O–H groups in total. The Morgan fingerprint density at radius 3 is 2.52 bits per heavy atom. The first kappa shape index (κ1) is 16.7. The van der Waals surface area contributed by atoms with E-state index in [2.05, 4.69) is 21.2 Å². The van der Waals surface area contributed by atoms with Gasteiger partial charge in [-0.15, -0.1) is 11.8 Å². The number of nitrogens with one attached hydrogen (secondary N) is 1. The molecule has 0 bridgehead atoms. The molecule has 6 heteroatoms. The zero-order valence-corrected chi connectivity index (χ0v) is 15.0. The van der Waals surface area contributed by atoms with Gasteiger partial charge in [0.2, 0.25) is 5.91 Å². The first-order valence-electron chi connectivity index (χ1n) is 6.14. The highest BCUT2D eigenvalue weighted by Gasteiger charge is 2.16. The highest BCUT2D eigenvalue weighted by molar-refractivity contribution is 9.10. The Bertz CT molecular complexity index is 649. The molecule has 0 radical (unpaired) electrons. The summed E-state index contributed by atoms with van der Waals surface area (Å²) in [5.41, 5.74) is 0.525. The first-order chi connectivity index (χ1) is 9.95. The molecule has 2 nitrogen and oxygen atoms in total. The average Bonchev–Trinajstić information content (AvgIpc) is 2.45. The smallest absolute Gasteiger partial charge is 0.237 e. The lowest BCUT2D eigenvalue weighted by molar-refractivity contribution is -0.115. The Labute approximate surface area is 146 Å². The van der Waals surface area contributed by atoms with Crippen LogP contribution in [0.1, 0.15) is 6.92 Å². The molecule has 2 aromatic rings. The lowest BCUT2D eigenvalue weighted by atomic mass is 10.3. The van der Waals surface area contributed by atoms with Gasteiger partial charge >= 0.3 is 0 Å². The van der Waals surface area contributed by atoms with E-state index in [1.54, 1.807) is 18.2 Å². The fourth-order valence-corrected chi connectivity index (χ4v) is 3.07. The quantitative estimate of drug-likeness (QED) is 0.645. The van der Waals surface area contributed by atoms with E-state index < -0.39 is 0 Å². The summed E-state index contributed by atoms with van der Waals surface area (Å²) in [6.45, 7) is 1.85. The van der Waals surface area contributed by atoms with Gasteiger partial charge in [0.15, 0.2) is 0 Å². The van der Waals surface area contributed by atoms with Gasteiger partial charge in [-0.3, -0.25) is 4.79 Å². The Kier molecular flexibility index (Phi) is 5.99. The van der Waals surface area contributed by atoms with Crippen molar-refractivity contribution in [3.8, 4) is 0 Å². The highest BCUT2D eigenvalue weighted by atomic mass is 79.9. The van der Waals surface area contributed by atoms with Crippen LogP contribution in [-0.4, -0.2) is 11.2 Å². The van der Waals surface area contributed by atoms with Crippen molar-refractivity contribution in [2.45, 2.75) is 17.1 Å². The van der Waals surface area contributed by atoms with E-state index in [0.29, 0.717) is 15.7 Å². The monoisotopic (exact) mass is 403 g/mol. The number of rotatable bonds is 4. The Balaban J connectivity index is 2.02. The van der Waals surface area contributed by atoms with E-state index in [1.165, 1.54) is 11.8 Å². The molecule has 0 heterocycles. The number of thioether (sulfide) groups is 1. The molecule has 2 rings (SSSR count). The number of halogens is 3. The van der Waals surface area contributed by atoms with Crippen molar-refractivity contribution in [3.05, 3.63) is 57.0 Å². The largest absolute Gasteiger partial charge is 0.324 e. The third kappa shape index (κ3) is 4.92. The molecule has 0 fully saturated rings. The molecule has 1 amide bonds. The SMILES string of the molecule is C[C@H](Sc1ccc(Br)cc1)C(=O)Nc1cc(Cl)ccc1Cl. The van der Waals surface area contributed by atoms with Crippen LogP contribution in [0.25, 0.3) is 0 Å². The van der Waals surface area contributed by atoms with Gasteiger partial charge < -0.3 is 5.32 Å². The van der Waals surface area contributed by atoms with Gasteiger partial charge in [-0.25, -0.2) is 0 Å². The third-order valence-electron chi connectivity index (χ3n) is 2.68. The minimum absolute atomic E-state index is 0.118. The maximum atomic E-state index is 12.2. The third-order valence-corrected chi connectivity index (χ3v) is 4.89. The normalized spacial score (nSPS) is 12.0. The molecule has 0 spiro atoms. The predicted molar refractivity (Wildman–Crippen MR) is 94.6 cm³/mol. The van der Waals surface area contributed by atoms with E-state index in [9.17, 15) is 4.79 Å². The summed E-state index contributed by atoms with van der Waals surface area (Å²) in [4.78, 5) is 13.2. The van der Waals surface area contributed by atoms with Crippen molar-refractivity contribution >= 4 is 62.5 Å². The van der Waals surface area contributed by atoms with Gasteiger partial charge in [-0.05, 0) is 49.4 Å². The van der Waals surface area contributed by atoms with Crippen molar-refractivity contribution in [1.29, 1.82) is 0 Å². The first-order valence-corrected chi connectivity index (χ1v) is 8.56. The van der Waals surface area contributed by atoms with Gasteiger partial charge in [-0.1, -0.05) is 39.1 Å². The molecule has 2 aromatic carbocycles. The topological polar surface area (TPSA) is 29.1 Å². The number of hydrogen-bond donors (Lipinski definition) is 1. The van der Waals surface area contributed by atoms with Crippen LogP contribution in [0, 0.1) is 0 Å². The lowest BCUT2D eigenvalue weighted by Crippen LogP contribution is -2.22. The average molecular weight is 405 g/mol. The summed E-state index contributed by atoms with van der Waals surface area (Å²) < 4.78 is 1.01. The zero-order valence-electron chi connectivity index (χ0n) is 11.1. The van der Waals surface area contributed by atoms with Crippen LogP contribution in [0.4, 0.5) is 5.69 Å². The number of carbonyl (C=O) groups excluding carboxylic acids is 1. The van der Waals surface area contributed by atoms with Gasteiger partial charge in [0.05, 0.1) is 16.0 Å². The Morgan fingerprint density at radius 1 is 1.19 bits per heavy atom. The van der Waals surface area contributed by atoms with E-state index in [1.807, 2.05) is 31.2 Å². The van der Waals surface area contributed by atoms with Crippen molar-refractivity contribution in [2.75, 3.05) is 5.32 Å². The van der Waals surface area contributed by atoms with Crippen molar-refractivity contribution in [3.63, 3.8) is 0 Å².